The molecule has 4 atom stereocenters. The molecule has 1 aromatic carbocycles. The zero-order valence-corrected chi connectivity index (χ0v) is 12.7. The summed E-state index contributed by atoms with van der Waals surface area (Å²) in [5.74, 6) is -0.244. The first-order valence-electron chi connectivity index (χ1n) is 7.56. The molecule has 0 radical (unpaired) electrons. The van der Waals surface area contributed by atoms with Gasteiger partial charge in [-0.2, -0.15) is 0 Å². The van der Waals surface area contributed by atoms with Crippen molar-refractivity contribution >= 4 is 0 Å². The van der Waals surface area contributed by atoms with E-state index >= 15 is 0 Å². The third-order valence-electron chi connectivity index (χ3n) is 4.04. The van der Waals surface area contributed by atoms with E-state index < -0.39 is 0 Å². The molecule has 1 aliphatic rings. The van der Waals surface area contributed by atoms with E-state index in [2.05, 4.69) is 11.8 Å². The molecule has 3 N–H and O–H groups in total. The number of nitrogens with zero attached hydrogens (tertiary/aromatic N) is 1. The number of hydrogen-bond acceptors (Lipinski definition) is 4. The highest BCUT2D eigenvalue weighted by Crippen LogP contribution is 2.28. The lowest BCUT2D eigenvalue weighted by atomic mass is 9.95. The lowest BCUT2D eigenvalue weighted by Crippen LogP contribution is -2.52. The van der Waals surface area contributed by atoms with Crippen molar-refractivity contribution in [3.05, 3.63) is 35.6 Å². The van der Waals surface area contributed by atoms with Crippen LogP contribution in [0.4, 0.5) is 4.39 Å². The van der Waals surface area contributed by atoms with Gasteiger partial charge in [0.1, 0.15) is 5.82 Å². The van der Waals surface area contributed by atoms with E-state index in [-0.39, 0.29) is 36.7 Å². The second kappa shape index (κ2) is 7.31. The lowest BCUT2D eigenvalue weighted by Gasteiger charge is -2.42. The maximum atomic E-state index is 13.2. The summed E-state index contributed by atoms with van der Waals surface area (Å²) in [6.07, 6.45) is 0.682. The van der Waals surface area contributed by atoms with Gasteiger partial charge in [-0.3, -0.25) is 4.90 Å². The van der Waals surface area contributed by atoms with E-state index in [4.69, 9.17) is 10.5 Å². The molecule has 21 heavy (non-hydrogen) atoms. The topological polar surface area (TPSA) is 58.7 Å². The van der Waals surface area contributed by atoms with E-state index in [9.17, 15) is 9.50 Å². The molecule has 1 aromatic rings. The summed E-state index contributed by atoms with van der Waals surface area (Å²) >= 11 is 0. The summed E-state index contributed by atoms with van der Waals surface area (Å²) in [7, 11) is 0. The third kappa shape index (κ3) is 4.01. The minimum atomic E-state index is -0.244. The Morgan fingerprint density at radius 2 is 2.05 bits per heavy atom. The molecule has 1 saturated heterocycles. The molecule has 0 aromatic heterocycles. The van der Waals surface area contributed by atoms with Gasteiger partial charge in [-0.25, -0.2) is 4.39 Å². The largest absolute Gasteiger partial charge is 0.394 e. The molecule has 1 aliphatic heterocycles. The van der Waals surface area contributed by atoms with Crippen molar-refractivity contribution in [3.63, 3.8) is 0 Å². The molecular weight excluding hydrogens is 271 g/mol. The Bertz CT molecular complexity index is 440. The molecule has 1 fully saturated rings. The maximum Gasteiger partial charge on any atom is 0.123 e. The molecule has 0 bridgehead atoms. The number of halogens is 1. The van der Waals surface area contributed by atoms with E-state index in [1.54, 1.807) is 12.1 Å². The minimum Gasteiger partial charge on any atom is -0.394 e. The van der Waals surface area contributed by atoms with Crippen LogP contribution in [-0.2, 0) is 4.74 Å². The summed E-state index contributed by atoms with van der Waals surface area (Å²) in [6.45, 7) is 5.43. The van der Waals surface area contributed by atoms with Crippen molar-refractivity contribution in [3.8, 4) is 0 Å². The standard InChI is InChI=1S/C16H25FN2O2/c1-3-15(18)16(12-4-6-13(17)7-5-12)19-8-11(2)21-14(9-19)10-20/h4-7,11,14-16,20H,3,8-10,18H2,1-2H3. The van der Waals surface area contributed by atoms with Crippen LogP contribution in [0, 0.1) is 5.82 Å². The van der Waals surface area contributed by atoms with Gasteiger partial charge in [-0.15, -0.1) is 0 Å². The fourth-order valence-electron chi connectivity index (χ4n) is 3.02. The number of aliphatic hydroxyl groups excluding tert-OH is 1. The minimum absolute atomic E-state index is 0.00165. The maximum absolute atomic E-state index is 13.2. The van der Waals surface area contributed by atoms with Crippen LogP contribution in [0.1, 0.15) is 31.9 Å². The highest BCUT2D eigenvalue weighted by molar-refractivity contribution is 5.22. The van der Waals surface area contributed by atoms with Crippen LogP contribution in [0.25, 0.3) is 0 Å². The average molecular weight is 296 g/mol. The van der Waals surface area contributed by atoms with Gasteiger partial charge >= 0.3 is 0 Å². The Morgan fingerprint density at radius 3 is 2.62 bits per heavy atom. The van der Waals surface area contributed by atoms with Gasteiger partial charge in [-0.1, -0.05) is 19.1 Å². The lowest BCUT2D eigenvalue weighted by molar-refractivity contribution is -0.108. The molecule has 0 spiro atoms. The summed E-state index contributed by atoms with van der Waals surface area (Å²) in [6, 6.07) is 6.50. The number of nitrogens with two attached hydrogens (primary N) is 1. The van der Waals surface area contributed by atoms with Crippen LogP contribution < -0.4 is 5.73 Å². The molecule has 0 saturated carbocycles. The van der Waals surface area contributed by atoms with Crippen molar-refractivity contribution in [2.45, 2.75) is 44.6 Å². The molecule has 0 aliphatic carbocycles. The smallest absolute Gasteiger partial charge is 0.123 e. The number of benzene rings is 1. The molecule has 5 heteroatoms. The summed E-state index contributed by atoms with van der Waals surface area (Å²) in [5, 5.41) is 9.38. The van der Waals surface area contributed by atoms with Crippen molar-refractivity contribution in [2.75, 3.05) is 19.7 Å². The molecule has 4 nitrogen and oxygen atoms in total. The summed E-state index contributed by atoms with van der Waals surface area (Å²) in [4.78, 5) is 2.25. The van der Waals surface area contributed by atoms with Gasteiger partial charge < -0.3 is 15.6 Å². The monoisotopic (exact) mass is 296 g/mol. The van der Waals surface area contributed by atoms with E-state index in [0.717, 1.165) is 18.5 Å². The van der Waals surface area contributed by atoms with Gasteiger partial charge in [0.2, 0.25) is 0 Å². The fourth-order valence-corrected chi connectivity index (χ4v) is 3.02. The first-order valence-corrected chi connectivity index (χ1v) is 7.56. The van der Waals surface area contributed by atoms with E-state index in [0.29, 0.717) is 6.54 Å². The summed E-state index contributed by atoms with van der Waals surface area (Å²) in [5.41, 5.74) is 7.32. The van der Waals surface area contributed by atoms with Gasteiger partial charge in [-0.05, 0) is 31.0 Å². The highest BCUT2D eigenvalue weighted by Gasteiger charge is 2.33. The molecule has 0 amide bonds. The Kier molecular flexibility index (Phi) is 5.70. The molecule has 4 unspecified atom stereocenters. The van der Waals surface area contributed by atoms with Crippen LogP contribution in [0.5, 0.6) is 0 Å². The first kappa shape index (κ1) is 16.4. The third-order valence-corrected chi connectivity index (χ3v) is 4.04. The molecule has 2 rings (SSSR count). The van der Waals surface area contributed by atoms with Crippen molar-refractivity contribution in [2.24, 2.45) is 5.73 Å². The Balaban J connectivity index is 2.24. The normalized spacial score (nSPS) is 26.5. The number of hydrogen-bond donors (Lipinski definition) is 2. The second-order valence-corrected chi connectivity index (χ2v) is 5.77. The number of aliphatic hydroxyl groups is 1. The van der Waals surface area contributed by atoms with Crippen LogP contribution in [-0.4, -0.2) is 48.0 Å². The Labute approximate surface area is 125 Å². The molecule has 118 valence electrons. The average Bonchev–Trinajstić information content (AvgIpc) is 2.48. The van der Waals surface area contributed by atoms with E-state index in [1.807, 2.05) is 6.92 Å². The van der Waals surface area contributed by atoms with Crippen molar-refractivity contribution in [1.82, 2.24) is 4.90 Å². The predicted molar refractivity (Wildman–Crippen MR) is 80.4 cm³/mol. The van der Waals surface area contributed by atoms with Crippen LogP contribution in [0.3, 0.4) is 0 Å². The zero-order chi connectivity index (χ0) is 15.4. The highest BCUT2D eigenvalue weighted by atomic mass is 19.1. The SMILES string of the molecule is CCC(N)C(c1ccc(F)cc1)N1CC(C)OC(CO)C1. The van der Waals surface area contributed by atoms with Crippen LogP contribution in [0.15, 0.2) is 24.3 Å². The quantitative estimate of drug-likeness (QED) is 0.868. The van der Waals surface area contributed by atoms with Gasteiger partial charge in [0, 0.05) is 19.1 Å². The van der Waals surface area contributed by atoms with Gasteiger partial charge in [0.05, 0.1) is 24.9 Å². The summed E-state index contributed by atoms with van der Waals surface area (Å²) < 4.78 is 18.8. The molecule has 1 heterocycles. The predicted octanol–water partition coefficient (Wildman–Crippen LogP) is 1.69. The van der Waals surface area contributed by atoms with Crippen LogP contribution >= 0.6 is 0 Å². The molecular formula is C16H25FN2O2. The Hall–Kier alpha value is -1.01. The van der Waals surface area contributed by atoms with Crippen molar-refractivity contribution in [1.29, 1.82) is 0 Å². The fraction of sp³-hybridized carbons (Fsp3) is 0.625. The van der Waals surface area contributed by atoms with Crippen molar-refractivity contribution < 1.29 is 14.2 Å². The Morgan fingerprint density at radius 1 is 1.38 bits per heavy atom. The number of rotatable bonds is 5. The second-order valence-electron chi connectivity index (χ2n) is 5.77. The van der Waals surface area contributed by atoms with Gasteiger partial charge in [0.25, 0.3) is 0 Å². The van der Waals surface area contributed by atoms with Crippen LogP contribution in [0.2, 0.25) is 0 Å². The zero-order valence-electron chi connectivity index (χ0n) is 12.7. The number of morpholine rings is 1. The number of ether oxygens (including phenoxy) is 1. The van der Waals surface area contributed by atoms with Gasteiger partial charge in [0.15, 0.2) is 0 Å². The van der Waals surface area contributed by atoms with E-state index in [1.165, 1.54) is 12.1 Å². The first-order chi connectivity index (χ1) is 10.0.